The van der Waals surface area contributed by atoms with Crippen LogP contribution in [0.15, 0.2) is 48.0 Å². The zero-order chi connectivity index (χ0) is 22.5. The van der Waals surface area contributed by atoms with Gasteiger partial charge < -0.3 is 4.90 Å². The lowest BCUT2D eigenvalue weighted by Crippen LogP contribution is -2.29. The van der Waals surface area contributed by atoms with E-state index in [4.69, 9.17) is 0 Å². The number of unbranched alkanes of at least 4 members (excludes halogenated alkanes) is 1. The fourth-order valence-corrected chi connectivity index (χ4v) is 4.95. The number of amides is 2. The van der Waals surface area contributed by atoms with Gasteiger partial charge in [-0.1, -0.05) is 55.8 Å². The number of carbonyl (C=O) groups is 2. The van der Waals surface area contributed by atoms with Crippen LogP contribution in [0.4, 0.5) is 0 Å². The first-order chi connectivity index (χ1) is 15.6. The number of hydrogen-bond acceptors (Lipinski definition) is 3. The van der Waals surface area contributed by atoms with Gasteiger partial charge in [0.25, 0.3) is 11.8 Å². The lowest BCUT2D eigenvalue weighted by molar-refractivity contribution is 0.0642. The Balaban J connectivity index is 1.30. The molecule has 0 spiro atoms. The molecule has 2 aromatic carbocycles. The van der Waals surface area contributed by atoms with Gasteiger partial charge in [-0.15, -0.1) is 0 Å². The molecule has 4 heteroatoms. The van der Waals surface area contributed by atoms with E-state index < -0.39 is 0 Å². The van der Waals surface area contributed by atoms with Gasteiger partial charge in [0.05, 0.1) is 17.7 Å². The molecule has 0 saturated heterocycles. The lowest BCUT2D eigenvalue weighted by Gasteiger charge is -2.20. The Bertz CT molecular complexity index is 983. The first kappa shape index (κ1) is 22.5. The summed E-state index contributed by atoms with van der Waals surface area (Å²) in [7, 11) is 0. The topological polar surface area (TPSA) is 40.6 Å². The molecule has 0 bridgehead atoms. The Morgan fingerprint density at radius 3 is 2.22 bits per heavy atom. The van der Waals surface area contributed by atoms with Gasteiger partial charge in [0.1, 0.15) is 0 Å². The van der Waals surface area contributed by atoms with Gasteiger partial charge >= 0.3 is 0 Å². The van der Waals surface area contributed by atoms with Crippen LogP contribution in [-0.4, -0.2) is 41.2 Å². The third kappa shape index (κ3) is 4.86. The average Bonchev–Trinajstić information content (AvgIpc) is 3.31. The Hall–Kier alpha value is -2.72. The molecule has 2 amide bonds. The van der Waals surface area contributed by atoms with E-state index in [-0.39, 0.29) is 11.8 Å². The van der Waals surface area contributed by atoms with Gasteiger partial charge in [-0.25, -0.2) is 0 Å². The number of benzene rings is 2. The van der Waals surface area contributed by atoms with Crippen molar-refractivity contribution in [3.8, 4) is 0 Å². The van der Waals surface area contributed by atoms with Gasteiger partial charge in [0, 0.05) is 0 Å². The number of fused-ring (bicyclic) bond motifs is 2. The van der Waals surface area contributed by atoms with Crippen molar-refractivity contribution in [2.75, 3.05) is 19.6 Å². The van der Waals surface area contributed by atoms with E-state index in [2.05, 4.69) is 43.0 Å². The second kappa shape index (κ2) is 10.3. The summed E-state index contributed by atoms with van der Waals surface area (Å²) in [6.07, 6.45) is 9.39. The zero-order valence-electron chi connectivity index (χ0n) is 19.4. The Morgan fingerprint density at radius 2 is 1.56 bits per heavy atom. The van der Waals surface area contributed by atoms with E-state index in [1.54, 1.807) is 24.3 Å². The number of rotatable bonds is 11. The third-order valence-electron chi connectivity index (χ3n) is 6.51. The molecule has 168 valence electrons. The molecule has 4 nitrogen and oxygen atoms in total. The number of imide groups is 1. The average molecular weight is 431 g/mol. The zero-order valence-corrected chi connectivity index (χ0v) is 19.4. The van der Waals surface area contributed by atoms with Crippen molar-refractivity contribution in [3.05, 3.63) is 75.9 Å². The largest absolute Gasteiger partial charge is 0.303 e. The molecule has 0 aromatic heterocycles. The minimum Gasteiger partial charge on any atom is -0.303 e. The molecule has 2 aliphatic rings. The molecule has 1 aliphatic heterocycles. The predicted molar refractivity (Wildman–Crippen MR) is 130 cm³/mol. The standard InChI is InChI=1S/C28H34N2O2/c1-3-14-29(15-4-2)16-8-7-9-21-17-23-13-12-22(19-24(23)18-21)20-30-27(31)25-10-5-6-11-26(25)28(30)32/h5-6,10-13,17,19H,3-4,7-9,14-16,18,20H2,1-2H3. The number of carbonyl (C=O) groups excluding carboxylic acids is 2. The second-order valence-corrected chi connectivity index (χ2v) is 9.05. The van der Waals surface area contributed by atoms with Crippen LogP contribution in [0.5, 0.6) is 0 Å². The van der Waals surface area contributed by atoms with Crippen molar-refractivity contribution in [3.63, 3.8) is 0 Å². The lowest BCUT2D eigenvalue weighted by atomic mass is 10.0. The summed E-state index contributed by atoms with van der Waals surface area (Å²) in [6, 6.07) is 13.4. The Kier molecular flexibility index (Phi) is 7.21. The number of allylic oxidation sites excluding steroid dienone is 1. The summed E-state index contributed by atoms with van der Waals surface area (Å²) in [6.45, 7) is 8.46. The molecule has 0 saturated carbocycles. The van der Waals surface area contributed by atoms with E-state index in [0.717, 1.165) is 18.4 Å². The third-order valence-corrected chi connectivity index (χ3v) is 6.51. The quantitative estimate of drug-likeness (QED) is 0.338. The minimum atomic E-state index is -0.190. The summed E-state index contributed by atoms with van der Waals surface area (Å²) >= 11 is 0. The van der Waals surface area contributed by atoms with Crippen molar-refractivity contribution in [1.82, 2.24) is 9.80 Å². The minimum absolute atomic E-state index is 0.190. The summed E-state index contributed by atoms with van der Waals surface area (Å²) in [4.78, 5) is 29.3. The smallest absolute Gasteiger partial charge is 0.261 e. The van der Waals surface area contributed by atoms with Crippen LogP contribution in [0.25, 0.3) is 6.08 Å². The van der Waals surface area contributed by atoms with Gasteiger partial charge in [-0.2, -0.15) is 0 Å². The maximum atomic E-state index is 12.7. The van der Waals surface area contributed by atoms with E-state index in [1.807, 2.05) is 0 Å². The normalized spacial score (nSPS) is 14.8. The molecule has 1 aliphatic carbocycles. The second-order valence-electron chi connectivity index (χ2n) is 9.05. The summed E-state index contributed by atoms with van der Waals surface area (Å²) in [5.41, 5.74) is 6.13. The molecule has 4 rings (SSSR count). The monoisotopic (exact) mass is 430 g/mol. The molecular weight excluding hydrogens is 396 g/mol. The first-order valence-electron chi connectivity index (χ1n) is 12.1. The molecule has 1 heterocycles. The fraction of sp³-hybridized carbons (Fsp3) is 0.429. The van der Waals surface area contributed by atoms with Crippen molar-refractivity contribution in [2.24, 2.45) is 0 Å². The SMILES string of the molecule is CCCN(CCC)CCCCC1=Cc2ccc(CN3C(=O)c4ccccc4C3=O)cc2C1. The Morgan fingerprint density at radius 1 is 0.875 bits per heavy atom. The van der Waals surface area contributed by atoms with Crippen LogP contribution in [0, 0.1) is 0 Å². The molecular formula is C28H34N2O2. The van der Waals surface area contributed by atoms with Crippen molar-refractivity contribution in [1.29, 1.82) is 0 Å². The van der Waals surface area contributed by atoms with Gasteiger partial charge in [-0.3, -0.25) is 14.5 Å². The maximum Gasteiger partial charge on any atom is 0.261 e. The highest BCUT2D eigenvalue weighted by Crippen LogP contribution is 2.30. The predicted octanol–water partition coefficient (Wildman–Crippen LogP) is 5.71. The van der Waals surface area contributed by atoms with Crippen molar-refractivity contribution < 1.29 is 9.59 Å². The van der Waals surface area contributed by atoms with Crippen LogP contribution in [-0.2, 0) is 13.0 Å². The van der Waals surface area contributed by atoms with Crippen LogP contribution in [0.3, 0.4) is 0 Å². The molecule has 0 atom stereocenters. The summed E-state index contributed by atoms with van der Waals surface area (Å²) in [5.74, 6) is -0.379. The van der Waals surface area contributed by atoms with E-state index in [0.29, 0.717) is 17.7 Å². The van der Waals surface area contributed by atoms with Gasteiger partial charge in [0.2, 0.25) is 0 Å². The molecule has 0 N–H and O–H groups in total. The van der Waals surface area contributed by atoms with Gasteiger partial charge in [-0.05, 0) is 87.0 Å². The highest BCUT2D eigenvalue weighted by Gasteiger charge is 2.35. The fourth-order valence-electron chi connectivity index (χ4n) is 4.95. The number of nitrogens with zero attached hydrogens (tertiary/aromatic N) is 2. The van der Waals surface area contributed by atoms with Crippen LogP contribution < -0.4 is 0 Å². The van der Waals surface area contributed by atoms with Crippen molar-refractivity contribution >= 4 is 17.9 Å². The molecule has 32 heavy (non-hydrogen) atoms. The molecule has 0 fully saturated rings. The Labute approximate surface area is 191 Å². The molecule has 0 unspecified atom stereocenters. The van der Waals surface area contributed by atoms with Crippen LogP contribution >= 0.6 is 0 Å². The maximum absolute atomic E-state index is 12.7. The van der Waals surface area contributed by atoms with E-state index in [9.17, 15) is 9.59 Å². The van der Waals surface area contributed by atoms with E-state index in [1.165, 1.54) is 66.9 Å². The first-order valence-corrected chi connectivity index (χ1v) is 12.1. The highest BCUT2D eigenvalue weighted by molar-refractivity contribution is 6.21. The van der Waals surface area contributed by atoms with Crippen LogP contribution in [0.1, 0.15) is 83.4 Å². The molecule has 2 aromatic rings. The number of hydrogen-bond donors (Lipinski definition) is 0. The van der Waals surface area contributed by atoms with Crippen LogP contribution in [0.2, 0.25) is 0 Å². The van der Waals surface area contributed by atoms with E-state index >= 15 is 0 Å². The summed E-state index contributed by atoms with van der Waals surface area (Å²) < 4.78 is 0. The highest BCUT2D eigenvalue weighted by atomic mass is 16.2. The van der Waals surface area contributed by atoms with Crippen molar-refractivity contribution in [2.45, 2.75) is 58.9 Å². The van der Waals surface area contributed by atoms with Gasteiger partial charge in [0.15, 0.2) is 0 Å². The molecule has 0 radical (unpaired) electrons. The summed E-state index contributed by atoms with van der Waals surface area (Å²) in [5, 5.41) is 0.